The number of nitrogens with one attached hydrogen (secondary N) is 2. The molecule has 226 valence electrons. The molecule has 8 heteroatoms. The number of nitrogens with zero attached hydrogens (tertiary/aromatic N) is 1. The van der Waals surface area contributed by atoms with E-state index in [1.807, 2.05) is 80.8 Å². The lowest BCUT2D eigenvalue weighted by atomic mass is 9.95. The highest BCUT2D eigenvalue weighted by Crippen LogP contribution is 2.29. The number of carbonyl (C=O) groups is 3. The number of alkyl carbamates (subject to hydrolysis) is 1. The Morgan fingerprint density at radius 3 is 2.36 bits per heavy atom. The zero-order valence-electron chi connectivity index (χ0n) is 26.0. The summed E-state index contributed by atoms with van der Waals surface area (Å²) in [7, 11) is 0. The van der Waals surface area contributed by atoms with Crippen LogP contribution in [0.3, 0.4) is 0 Å². The van der Waals surface area contributed by atoms with E-state index in [2.05, 4.69) is 17.6 Å². The highest BCUT2D eigenvalue weighted by molar-refractivity contribution is 7.98. The fraction of sp³-hybridized carbons (Fsp3) is 0.441. The molecule has 0 aliphatic carbocycles. The first-order valence-corrected chi connectivity index (χ1v) is 16.0. The second-order valence-corrected chi connectivity index (χ2v) is 12.7. The molecule has 0 aromatic heterocycles. The molecule has 3 aromatic carbocycles. The summed E-state index contributed by atoms with van der Waals surface area (Å²) in [6, 6.07) is 18.0. The molecule has 0 heterocycles. The molecule has 0 spiro atoms. The largest absolute Gasteiger partial charge is 0.444 e. The number of anilines is 1. The van der Waals surface area contributed by atoms with Gasteiger partial charge in [-0.1, -0.05) is 67.4 Å². The first-order chi connectivity index (χ1) is 19.9. The normalized spacial score (nSPS) is 12.8. The van der Waals surface area contributed by atoms with Gasteiger partial charge < -0.3 is 20.3 Å². The summed E-state index contributed by atoms with van der Waals surface area (Å²) in [6.45, 7) is 11.7. The van der Waals surface area contributed by atoms with Crippen LogP contribution in [0.25, 0.3) is 10.8 Å². The van der Waals surface area contributed by atoms with Crippen molar-refractivity contribution in [2.75, 3.05) is 23.9 Å². The van der Waals surface area contributed by atoms with Crippen molar-refractivity contribution >= 4 is 46.1 Å². The molecule has 2 N–H and O–H groups in total. The van der Waals surface area contributed by atoms with Crippen LogP contribution in [0.2, 0.25) is 0 Å². The predicted octanol–water partition coefficient (Wildman–Crippen LogP) is 7.41. The van der Waals surface area contributed by atoms with Crippen LogP contribution in [-0.2, 0) is 14.3 Å². The Hall–Kier alpha value is -3.52. The third-order valence-corrected chi connectivity index (χ3v) is 7.59. The number of hydrogen-bond acceptors (Lipinski definition) is 5. The van der Waals surface area contributed by atoms with Crippen LogP contribution in [0.1, 0.15) is 69.7 Å². The molecule has 0 fully saturated rings. The van der Waals surface area contributed by atoms with Crippen molar-refractivity contribution in [1.82, 2.24) is 10.2 Å². The van der Waals surface area contributed by atoms with Crippen molar-refractivity contribution < 1.29 is 19.1 Å². The van der Waals surface area contributed by atoms with Crippen LogP contribution in [-0.4, -0.2) is 53.0 Å². The van der Waals surface area contributed by atoms with Crippen LogP contribution in [0.15, 0.2) is 60.7 Å². The van der Waals surface area contributed by atoms with E-state index in [1.165, 1.54) is 0 Å². The minimum atomic E-state index is -0.896. The molecular formula is C34H45N3O4S. The number of unbranched alkanes of at least 4 members (excludes halogenated alkanes) is 1. The highest BCUT2D eigenvalue weighted by atomic mass is 32.2. The van der Waals surface area contributed by atoms with E-state index in [1.54, 1.807) is 37.4 Å². The number of amides is 3. The summed E-state index contributed by atoms with van der Waals surface area (Å²) < 4.78 is 5.49. The van der Waals surface area contributed by atoms with Gasteiger partial charge in [0.25, 0.3) is 5.91 Å². The van der Waals surface area contributed by atoms with Crippen LogP contribution >= 0.6 is 11.8 Å². The average molecular weight is 592 g/mol. The SMILES string of the molecule is CCCCN(C(=O)C(CCSC)NC(=O)OC(C)(C)C)C(C(=O)Nc1ccc2ccccc2c1)c1cc(C)ccc1C. The fourth-order valence-corrected chi connectivity index (χ4v) is 5.29. The third-order valence-electron chi connectivity index (χ3n) is 6.94. The first-order valence-electron chi connectivity index (χ1n) is 14.6. The number of fused-ring (bicyclic) bond motifs is 1. The van der Waals surface area contributed by atoms with Gasteiger partial charge in [-0.05, 0) is 93.5 Å². The Balaban J connectivity index is 2.05. The quantitative estimate of drug-likeness (QED) is 0.229. The first kappa shape index (κ1) is 33.0. The molecule has 3 aromatic rings. The van der Waals surface area contributed by atoms with Crippen molar-refractivity contribution in [2.24, 2.45) is 0 Å². The van der Waals surface area contributed by atoms with Crippen molar-refractivity contribution in [1.29, 1.82) is 0 Å². The zero-order valence-corrected chi connectivity index (χ0v) is 26.8. The summed E-state index contributed by atoms with van der Waals surface area (Å²) >= 11 is 1.59. The van der Waals surface area contributed by atoms with Gasteiger partial charge in [-0.15, -0.1) is 0 Å². The van der Waals surface area contributed by atoms with Crippen LogP contribution in [0.4, 0.5) is 10.5 Å². The average Bonchev–Trinajstić information content (AvgIpc) is 2.93. The smallest absolute Gasteiger partial charge is 0.408 e. The molecule has 3 rings (SSSR count). The van der Waals surface area contributed by atoms with Gasteiger partial charge >= 0.3 is 6.09 Å². The lowest BCUT2D eigenvalue weighted by Gasteiger charge is -2.35. The van der Waals surface area contributed by atoms with E-state index in [0.717, 1.165) is 33.9 Å². The molecule has 0 bridgehead atoms. The second-order valence-electron chi connectivity index (χ2n) is 11.7. The lowest BCUT2D eigenvalue weighted by Crippen LogP contribution is -2.53. The maximum atomic E-state index is 14.4. The molecule has 3 amide bonds. The van der Waals surface area contributed by atoms with Crippen LogP contribution in [0, 0.1) is 13.8 Å². The molecule has 2 atom stereocenters. The highest BCUT2D eigenvalue weighted by Gasteiger charge is 2.36. The van der Waals surface area contributed by atoms with Crippen LogP contribution < -0.4 is 10.6 Å². The fourth-order valence-electron chi connectivity index (χ4n) is 4.82. The minimum absolute atomic E-state index is 0.302. The number of hydrogen-bond donors (Lipinski definition) is 2. The van der Waals surface area contributed by atoms with Gasteiger partial charge in [0.1, 0.15) is 17.7 Å². The number of aryl methyl sites for hydroxylation is 2. The van der Waals surface area contributed by atoms with Gasteiger partial charge in [-0.3, -0.25) is 9.59 Å². The third kappa shape index (κ3) is 9.24. The topological polar surface area (TPSA) is 87.7 Å². The standard InChI is InChI=1S/C34H45N3O4S/c1-8-9-19-37(32(39)29(18-20-42-7)36-33(40)41-34(4,5)6)30(28-21-23(2)14-15-24(28)3)31(38)35-27-17-16-25-12-10-11-13-26(25)22-27/h10-17,21-22,29-30H,8-9,18-20H2,1-7H3,(H,35,38)(H,36,40). The van der Waals surface area contributed by atoms with Gasteiger partial charge in [0, 0.05) is 12.2 Å². The van der Waals surface area contributed by atoms with Gasteiger partial charge in [0.15, 0.2) is 0 Å². The van der Waals surface area contributed by atoms with Crippen molar-refractivity contribution in [3.63, 3.8) is 0 Å². The van der Waals surface area contributed by atoms with E-state index in [0.29, 0.717) is 30.8 Å². The Kier molecular flexibility index (Phi) is 11.9. The molecule has 0 saturated heterocycles. The molecule has 0 saturated carbocycles. The number of thioether (sulfide) groups is 1. The van der Waals surface area contributed by atoms with Crippen LogP contribution in [0.5, 0.6) is 0 Å². The van der Waals surface area contributed by atoms with Crippen molar-refractivity contribution in [3.05, 3.63) is 77.4 Å². The predicted molar refractivity (Wildman–Crippen MR) is 174 cm³/mol. The van der Waals surface area contributed by atoms with Gasteiger partial charge in [0.2, 0.25) is 5.91 Å². The van der Waals surface area contributed by atoms with Crippen molar-refractivity contribution in [2.45, 2.75) is 78.5 Å². The van der Waals surface area contributed by atoms with E-state index in [4.69, 9.17) is 4.74 Å². The summed E-state index contributed by atoms with van der Waals surface area (Å²) in [5.74, 6) is 0.0536. The van der Waals surface area contributed by atoms with Gasteiger partial charge in [-0.25, -0.2) is 4.79 Å². The van der Waals surface area contributed by atoms with E-state index >= 15 is 0 Å². The zero-order chi connectivity index (χ0) is 30.9. The number of benzene rings is 3. The summed E-state index contributed by atoms with van der Waals surface area (Å²) in [5.41, 5.74) is 2.61. The summed E-state index contributed by atoms with van der Waals surface area (Å²) in [4.78, 5) is 43.1. The van der Waals surface area contributed by atoms with E-state index in [-0.39, 0.29) is 11.8 Å². The molecular weight excluding hydrogens is 546 g/mol. The van der Waals surface area contributed by atoms with E-state index < -0.39 is 23.8 Å². The van der Waals surface area contributed by atoms with E-state index in [9.17, 15) is 14.4 Å². The molecule has 0 aliphatic rings. The monoisotopic (exact) mass is 591 g/mol. The Labute approximate surface area is 254 Å². The van der Waals surface area contributed by atoms with Gasteiger partial charge in [0.05, 0.1) is 0 Å². The molecule has 0 aliphatic heterocycles. The Bertz CT molecular complexity index is 1380. The maximum absolute atomic E-state index is 14.4. The Morgan fingerprint density at radius 1 is 0.976 bits per heavy atom. The molecule has 42 heavy (non-hydrogen) atoms. The molecule has 7 nitrogen and oxygen atoms in total. The van der Waals surface area contributed by atoms with Gasteiger partial charge in [-0.2, -0.15) is 11.8 Å². The Morgan fingerprint density at radius 2 is 1.69 bits per heavy atom. The summed E-state index contributed by atoms with van der Waals surface area (Å²) in [6.07, 6.45) is 3.26. The number of carbonyl (C=O) groups excluding carboxylic acids is 3. The lowest BCUT2D eigenvalue weighted by molar-refractivity contribution is -0.141. The number of rotatable bonds is 12. The molecule has 2 unspecified atom stereocenters. The maximum Gasteiger partial charge on any atom is 0.408 e. The molecule has 0 radical (unpaired) electrons. The second kappa shape index (κ2) is 15.1. The summed E-state index contributed by atoms with van der Waals surface area (Å²) in [5, 5.41) is 7.99. The number of ether oxygens (including phenoxy) is 1. The van der Waals surface area contributed by atoms with Crippen molar-refractivity contribution in [3.8, 4) is 0 Å². The minimum Gasteiger partial charge on any atom is -0.444 e.